The Morgan fingerprint density at radius 1 is 0.789 bits per heavy atom. The van der Waals surface area contributed by atoms with Crippen LogP contribution in [0.25, 0.3) is 5.57 Å². The predicted octanol–water partition coefficient (Wildman–Crippen LogP) is 5.04. The zero-order chi connectivity index (χ0) is 26.6. The molecular weight excluding hydrogens is 484 g/mol. The van der Waals surface area contributed by atoms with Crippen LogP contribution in [0.15, 0.2) is 90.5 Å². The Hall–Kier alpha value is -4.72. The first-order valence-corrected chi connectivity index (χ1v) is 12.3. The first-order valence-electron chi connectivity index (χ1n) is 12.3. The van der Waals surface area contributed by atoms with Crippen molar-refractivity contribution in [1.29, 1.82) is 0 Å². The Morgan fingerprint density at radius 3 is 1.74 bits per heavy atom. The van der Waals surface area contributed by atoms with E-state index < -0.39 is 16.8 Å². The molecule has 1 heterocycles. The van der Waals surface area contributed by atoms with Crippen LogP contribution in [0.5, 0.6) is 11.5 Å². The summed E-state index contributed by atoms with van der Waals surface area (Å²) in [5, 5.41) is 11.3. The van der Waals surface area contributed by atoms with Gasteiger partial charge < -0.3 is 9.47 Å². The molecule has 38 heavy (non-hydrogen) atoms. The second-order valence-corrected chi connectivity index (χ2v) is 9.56. The third-order valence-corrected chi connectivity index (χ3v) is 7.76. The number of anilines is 1. The molecule has 3 aromatic carbocycles. The van der Waals surface area contributed by atoms with Gasteiger partial charge in [-0.15, -0.1) is 0 Å². The Balaban J connectivity index is 1.46. The fourth-order valence-corrected chi connectivity index (χ4v) is 6.11. The number of fused-ring (bicyclic) bond motifs is 5. The van der Waals surface area contributed by atoms with Crippen molar-refractivity contribution in [2.45, 2.75) is 0 Å². The number of imide groups is 1. The van der Waals surface area contributed by atoms with Crippen molar-refractivity contribution in [2.24, 2.45) is 23.7 Å². The lowest BCUT2D eigenvalue weighted by Crippen LogP contribution is -2.33. The fourth-order valence-electron chi connectivity index (χ4n) is 6.11. The molecule has 1 aliphatic heterocycles. The molecule has 0 aromatic heterocycles. The van der Waals surface area contributed by atoms with Crippen molar-refractivity contribution >= 4 is 28.8 Å². The number of amides is 2. The van der Waals surface area contributed by atoms with E-state index in [2.05, 4.69) is 0 Å². The largest absolute Gasteiger partial charge is 0.497 e. The minimum atomic E-state index is -0.557. The number of nitro benzene ring substituents is 1. The van der Waals surface area contributed by atoms with Crippen LogP contribution in [0.2, 0.25) is 0 Å². The number of methoxy groups -OCH3 is 2. The molecule has 0 unspecified atom stereocenters. The minimum absolute atomic E-state index is 0.164. The first kappa shape index (κ1) is 23.7. The summed E-state index contributed by atoms with van der Waals surface area (Å²) in [6, 6.07) is 21.2. The lowest BCUT2D eigenvalue weighted by molar-refractivity contribution is -0.384. The number of carbonyl (C=O) groups excluding carboxylic acids is 2. The van der Waals surface area contributed by atoms with Crippen LogP contribution in [0, 0.1) is 33.8 Å². The molecule has 0 radical (unpaired) electrons. The summed E-state index contributed by atoms with van der Waals surface area (Å²) < 4.78 is 10.7. The predicted molar refractivity (Wildman–Crippen MR) is 141 cm³/mol. The number of nitrogens with zero attached hydrogens (tertiary/aromatic N) is 2. The number of nitro groups is 1. The monoisotopic (exact) mass is 508 g/mol. The highest BCUT2D eigenvalue weighted by Crippen LogP contribution is 2.59. The molecule has 8 heteroatoms. The Labute approximate surface area is 218 Å². The molecule has 6 rings (SSSR count). The molecule has 0 spiro atoms. The van der Waals surface area contributed by atoms with Crippen molar-refractivity contribution in [2.75, 3.05) is 19.1 Å². The fraction of sp³-hybridized carbons (Fsp3) is 0.200. The van der Waals surface area contributed by atoms with Gasteiger partial charge in [0, 0.05) is 24.0 Å². The highest BCUT2D eigenvalue weighted by atomic mass is 16.6. The van der Waals surface area contributed by atoms with Gasteiger partial charge in [0.1, 0.15) is 11.5 Å². The average Bonchev–Trinajstić information content (AvgIpc) is 3.58. The van der Waals surface area contributed by atoms with E-state index in [1.54, 1.807) is 20.3 Å². The van der Waals surface area contributed by atoms with E-state index in [0.717, 1.165) is 38.7 Å². The molecule has 2 amide bonds. The average molecular weight is 509 g/mol. The number of allylic oxidation sites excluding steroid dienone is 3. The van der Waals surface area contributed by atoms with Gasteiger partial charge in [0.05, 0.1) is 36.7 Å². The van der Waals surface area contributed by atoms with E-state index in [4.69, 9.17) is 9.47 Å². The number of benzene rings is 3. The van der Waals surface area contributed by atoms with Gasteiger partial charge in [0.2, 0.25) is 11.8 Å². The second-order valence-electron chi connectivity index (χ2n) is 9.56. The Bertz CT molecular complexity index is 1440. The van der Waals surface area contributed by atoms with Crippen LogP contribution in [0.4, 0.5) is 11.4 Å². The Morgan fingerprint density at radius 2 is 1.29 bits per heavy atom. The summed E-state index contributed by atoms with van der Waals surface area (Å²) in [4.78, 5) is 39.3. The molecule has 2 fully saturated rings. The number of ether oxygens (including phenoxy) is 2. The third-order valence-electron chi connectivity index (χ3n) is 7.76. The molecule has 4 atom stereocenters. The van der Waals surface area contributed by atoms with Crippen LogP contribution < -0.4 is 14.4 Å². The maximum Gasteiger partial charge on any atom is 0.271 e. The van der Waals surface area contributed by atoms with Gasteiger partial charge in [-0.3, -0.25) is 19.7 Å². The molecule has 3 aromatic rings. The standard InChI is InChI=1S/C30H24N2O6/c1-37-21-10-6-17(7-11-21)25(18-8-12-22(38-2)13-9-18)26-23-14-15-24(26)28-27(23)29(33)31(30(28)34)19-4-3-5-20(16-19)32(35)36/h3-16,23-24,27-28H,1-2H3/t23-,24-,27+,28+/m1/s1. The third kappa shape index (κ3) is 3.52. The minimum Gasteiger partial charge on any atom is -0.497 e. The summed E-state index contributed by atoms with van der Waals surface area (Å²) in [7, 11) is 3.23. The van der Waals surface area contributed by atoms with Gasteiger partial charge in [-0.05, 0) is 52.6 Å². The number of non-ortho nitro benzene ring substituents is 1. The highest BCUT2D eigenvalue weighted by Gasteiger charge is 2.62. The lowest BCUT2D eigenvalue weighted by Gasteiger charge is -2.21. The van der Waals surface area contributed by atoms with Crippen molar-refractivity contribution in [3.05, 3.63) is 112 Å². The summed E-state index contributed by atoms with van der Waals surface area (Å²) >= 11 is 0. The van der Waals surface area contributed by atoms with Crippen LogP contribution in [0.1, 0.15) is 11.1 Å². The maximum atomic E-state index is 13.7. The molecule has 190 valence electrons. The second kappa shape index (κ2) is 8.99. The van der Waals surface area contributed by atoms with E-state index in [1.807, 2.05) is 60.7 Å². The molecule has 3 aliphatic rings. The van der Waals surface area contributed by atoms with Crippen molar-refractivity contribution in [3.63, 3.8) is 0 Å². The molecule has 2 bridgehead atoms. The van der Waals surface area contributed by atoms with E-state index in [9.17, 15) is 19.7 Å². The SMILES string of the molecule is COc1ccc(C(=C2[C@H]3C=C[C@H]2[C@@H]2C(=O)N(c4cccc([N+](=O)[O-])c4)C(=O)[C@H]23)c2ccc(OC)cc2)cc1. The maximum absolute atomic E-state index is 13.7. The van der Waals surface area contributed by atoms with Gasteiger partial charge in [-0.25, -0.2) is 4.90 Å². The van der Waals surface area contributed by atoms with Gasteiger partial charge >= 0.3 is 0 Å². The van der Waals surface area contributed by atoms with E-state index in [0.29, 0.717) is 0 Å². The zero-order valence-corrected chi connectivity index (χ0v) is 20.7. The van der Waals surface area contributed by atoms with E-state index in [-0.39, 0.29) is 35.0 Å². The molecule has 2 aliphatic carbocycles. The summed E-state index contributed by atoms with van der Waals surface area (Å²) in [6.07, 6.45) is 4.05. The normalized spacial score (nSPS) is 23.1. The quantitative estimate of drug-likeness (QED) is 0.200. The van der Waals surface area contributed by atoms with E-state index in [1.165, 1.54) is 18.2 Å². The van der Waals surface area contributed by atoms with Gasteiger partial charge in [0.25, 0.3) is 5.69 Å². The molecule has 8 nitrogen and oxygen atoms in total. The van der Waals surface area contributed by atoms with Crippen LogP contribution >= 0.6 is 0 Å². The Kier molecular flexibility index (Phi) is 5.60. The highest BCUT2D eigenvalue weighted by molar-refractivity contribution is 6.23. The van der Waals surface area contributed by atoms with Crippen LogP contribution in [-0.4, -0.2) is 31.0 Å². The first-order chi connectivity index (χ1) is 18.4. The van der Waals surface area contributed by atoms with Crippen molar-refractivity contribution in [1.82, 2.24) is 0 Å². The number of hydrogen-bond donors (Lipinski definition) is 0. The summed E-state index contributed by atoms with van der Waals surface area (Å²) in [5.41, 5.74) is 4.00. The topological polar surface area (TPSA) is 99.0 Å². The van der Waals surface area contributed by atoms with E-state index >= 15 is 0 Å². The lowest BCUT2D eigenvalue weighted by atomic mass is 9.85. The molecule has 0 N–H and O–H groups in total. The molecule has 1 saturated carbocycles. The summed E-state index contributed by atoms with van der Waals surface area (Å²) in [5.74, 6) is -0.812. The number of hydrogen-bond acceptors (Lipinski definition) is 6. The van der Waals surface area contributed by atoms with Crippen LogP contribution in [-0.2, 0) is 9.59 Å². The smallest absolute Gasteiger partial charge is 0.271 e. The number of rotatable bonds is 6. The summed E-state index contributed by atoms with van der Waals surface area (Å²) in [6.45, 7) is 0. The van der Waals surface area contributed by atoms with Gasteiger partial charge in [0.15, 0.2) is 0 Å². The van der Waals surface area contributed by atoms with Gasteiger partial charge in [-0.2, -0.15) is 0 Å². The van der Waals surface area contributed by atoms with Crippen LogP contribution in [0.3, 0.4) is 0 Å². The molecular formula is C30H24N2O6. The molecule has 1 saturated heterocycles. The number of carbonyl (C=O) groups is 2. The van der Waals surface area contributed by atoms with Crippen molar-refractivity contribution in [3.8, 4) is 11.5 Å². The van der Waals surface area contributed by atoms with Gasteiger partial charge in [-0.1, -0.05) is 42.5 Å². The zero-order valence-electron chi connectivity index (χ0n) is 20.7. The van der Waals surface area contributed by atoms with Crippen molar-refractivity contribution < 1.29 is 24.0 Å².